The highest BCUT2D eigenvalue weighted by Crippen LogP contribution is 2.42. The first-order valence-electron chi connectivity index (χ1n) is 6.35. The Morgan fingerprint density at radius 2 is 1.48 bits per heavy atom. The molecule has 5 heteroatoms. The van der Waals surface area contributed by atoms with Gasteiger partial charge in [-0.1, -0.05) is 18.2 Å². The molecule has 0 heterocycles. The van der Waals surface area contributed by atoms with Gasteiger partial charge in [-0.3, -0.25) is 0 Å². The van der Waals surface area contributed by atoms with Crippen LogP contribution >= 0.6 is 11.6 Å². The summed E-state index contributed by atoms with van der Waals surface area (Å²) in [6.07, 6.45) is 0. The largest absolute Gasteiger partial charge is 0.493 e. The number of hydrogen-bond acceptors (Lipinski definition) is 4. The van der Waals surface area contributed by atoms with E-state index in [0.29, 0.717) is 34.6 Å². The highest BCUT2D eigenvalue weighted by Gasteiger charge is 2.15. The summed E-state index contributed by atoms with van der Waals surface area (Å²) in [5, 5.41) is 0. The minimum atomic E-state index is 0.376. The lowest BCUT2D eigenvalue weighted by molar-refractivity contribution is 0.321. The molecule has 0 N–H and O–H groups in total. The molecule has 0 unspecified atom stereocenters. The fourth-order valence-corrected chi connectivity index (χ4v) is 2.18. The van der Waals surface area contributed by atoms with Gasteiger partial charge in [0.05, 0.1) is 27.2 Å². The minimum Gasteiger partial charge on any atom is -0.493 e. The normalized spacial score (nSPS) is 10.1. The number of rotatable bonds is 6. The first kappa shape index (κ1) is 15.3. The number of halogens is 1. The summed E-state index contributed by atoms with van der Waals surface area (Å²) in [5.41, 5.74) is 0.910. The van der Waals surface area contributed by atoms with Gasteiger partial charge >= 0.3 is 0 Å². The van der Waals surface area contributed by atoms with E-state index in [1.807, 2.05) is 24.3 Å². The van der Waals surface area contributed by atoms with E-state index in [1.165, 1.54) is 0 Å². The van der Waals surface area contributed by atoms with Gasteiger partial charge in [0.15, 0.2) is 11.5 Å². The Hall–Kier alpha value is -2.07. The maximum atomic E-state index is 5.91. The molecular weight excluding hydrogens is 292 g/mol. The van der Waals surface area contributed by atoms with E-state index >= 15 is 0 Å². The lowest BCUT2D eigenvalue weighted by Gasteiger charge is -2.15. The molecule has 0 aliphatic heterocycles. The van der Waals surface area contributed by atoms with E-state index in [9.17, 15) is 0 Å². The molecule has 0 aliphatic rings. The Morgan fingerprint density at radius 3 is 2.00 bits per heavy atom. The second kappa shape index (κ2) is 7.09. The Labute approximate surface area is 129 Å². The van der Waals surface area contributed by atoms with E-state index in [2.05, 4.69) is 0 Å². The Bertz CT molecular complexity index is 588. The maximum Gasteiger partial charge on any atom is 0.203 e. The predicted molar refractivity (Wildman–Crippen MR) is 82.2 cm³/mol. The molecule has 0 atom stereocenters. The zero-order chi connectivity index (χ0) is 15.2. The molecule has 0 amide bonds. The van der Waals surface area contributed by atoms with Gasteiger partial charge in [0.25, 0.3) is 0 Å². The van der Waals surface area contributed by atoms with Crippen molar-refractivity contribution in [3.8, 4) is 28.7 Å². The fourth-order valence-electron chi connectivity index (χ4n) is 1.96. The number of para-hydroxylation sites is 1. The van der Waals surface area contributed by atoms with E-state index in [1.54, 1.807) is 33.5 Å². The van der Waals surface area contributed by atoms with Crippen molar-refractivity contribution >= 4 is 11.6 Å². The van der Waals surface area contributed by atoms with Crippen LogP contribution in [0.2, 0.25) is 0 Å². The average Bonchev–Trinajstić information content (AvgIpc) is 2.54. The van der Waals surface area contributed by atoms with Crippen LogP contribution in [0.1, 0.15) is 5.56 Å². The molecule has 2 aromatic rings. The molecule has 0 bridgehead atoms. The van der Waals surface area contributed by atoms with Crippen molar-refractivity contribution in [1.29, 1.82) is 0 Å². The van der Waals surface area contributed by atoms with Gasteiger partial charge in [0, 0.05) is 17.7 Å². The van der Waals surface area contributed by atoms with Crippen LogP contribution in [0, 0.1) is 0 Å². The number of hydrogen-bond donors (Lipinski definition) is 0. The van der Waals surface area contributed by atoms with Crippen LogP contribution in [-0.4, -0.2) is 21.3 Å². The lowest BCUT2D eigenvalue weighted by Crippen LogP contribution is -1.96. The highest BCUT2D eigenvalue weighted by atomic mass is 35.5. The fraction of sp³-hybridized carbons (Fsp3) is 0.250. The van der Waals surface area contributed by atoms with Gasteiger partial charge in [0.2, 0.25) is 5.75 Å². The van der Waals surface area contributed by atoms with Crippen molar-refractivity contribution in [3.63, 3.8) is 0 Å². The summed E-state index contributed by atoms with van der Waals surface area (Å²) < 4.78 is 21.8. The Balaban J connectivity index is 2.40. The highest BCUT2D eigenvalue weighted by molar-refractivity contribution is 6.17. The molecule has 0 aromatic heterocycles. The standard InChI is InChI=1S/C16H17ClO4/c1-18-14-8-12(9-15(19-2)16(14)20-3)21-13-7-5-4-6-11(13)10-17/h4-9H,10H2,1-3H3. The second-order valence-electron chi connectivity index (χ2n) is 4.20. The van der Waals surface area contributed by atoms with Crippen LogP contribution in [0.3, 0.4) is 0 Å². The smallest absolute Gasteiger partial charge is 0.203 e. The van der Waals surface area contributed by atoms with Gasteiger partial charge in [-0.2, -0.15) is 0 Å². The Kier molecular flexibility index (Phi) is 5.17. The van der Waals surface area contributed by atoms with Crippen LogP contribution in [0.25, 0.3) is 0 Å². The third-order valence-corrected chi connectivity index (χ3v) is 3.27. The molecule has 0 spiro atoms. The van der Waals surface area contributed by atoms with Gasteiger partial charge in [-0.15, -0.1) is 11.6 Å². The molecule has 4 nitrogen and oxygen atoms in total. The minimum absolute atomic E-state index is 0.376. The Morgan fingerprint density at radius 1 is 0.857 bits per heavy atom. The number of alkyl halides is 1. The summed E-state index contributed by atoms with van der Waals surface area (Å²) in [7, 11) is 4.69. The first-order valence-corrected chi connectivity index (χ1v) is 6.88. The van der Waals surface area contributed by atoms with Gasteiger partial charge in [-0.25, -0.2) is 0 Å². The molecule has 112 valence electrons. The molecule has 21 heavy (non-hydrogen) atoms. The zero-order valence-corrected chi connectivity index (χ0v) is 12.9. The van der Waals surface area contributed by atoms with E-state index in [0.717, 1.165) is 5.56 Å². The molecule has 0 fully saturated rings. The van der Waals surface area contributed by atoms with E-state index in [4.69, 9.17) is 30.5 Å². The van der Waals surface area contributed by atoms with Crippen LogP contribution in [0.4, 0.5) is 0 Å². The van der Waals surface area contributed by atoms with Crippen LogP contribution < -0.4 is 18.9 Å². The van der Waals surface area contributed by atoms with E-state index in [-0.39, 0.29) is 0 Å². The number of benzene rings is 2. The lowest BCUT2D eigenvalue weighted by atomic mass is 10.2. The van der Waals surface area contributed by atoms with Crippen molar-refractivity contribution < 1.29 is 18.9 Å². The summed E-state index contributed by atoms with van der Waals surface area (Å²) in [6.45, 7) is 0. The van der Waals surface area contributed by atoms with Crippen LogP contribution in [0.5, 0.6) is 28.7 Å². The van der Waals surface area contributed by atoms with Gasteiger partial charge in [-0.05, 0) is 6.07 Å². The molecule has 2 rings (SSSR count). The summed E-state index contributed by atoms with van der Waals surface area (Å²) in [6, 6.07) is 11.1. The van der Waals surface area contributed by atoms with Gasteiger partial charge in [0.1, 0.15) is 11.5 Å². The summed E-state index contributed by atoms with van der Waals surface area (Å²) in [5.74, 6) is 3.26. The quantitative estimate of drug-likeness (QED) is 0.748. The molecular formula is C16H17ClO4. The predicted octanol–water partition coefficient (Wildman–Crippen LogP) is 4.24. The van der Waals surface area contributed by atoms with E-state index < -0.39 is 0 Å². The maximum absolute atomic E-state index is 5.91. The van der Waals surface area contributed by atoms with Crippen molar-refractivity contribution in [2.24, 2.45) is 0 Å². The molecule has 0 aliphatic carbocycles. The molecule has 0 saturated heterocycles. The summed E-state index contributed by atoms with van der Waals surface area (Å²) >= 11 is 5.91. The van der Waals surface area contributed by atoms with Crippen molar-refractivity contribution in [2.75, 3.05) is 21.3 Å². The third kappa shape index (κ3) is 3.34. The third-order valence-electron chi connectivity index (χ3n) is 2.98. The number of ether oxygens (including phenoxy) is 4. The van der Waals surface area contributed by atoms with Gasteiger partial charge < -0.3 is 18.9 Å². The SMILES string of the molecule is COc1cc(Oc2ccccc2CCl)cc(OC)c1OC. The van der Waals surface area contributed by atoms with Crippen LogP contribution in [-0.2, 0) is 5.88 Å². The van der Waals surface area contributed by atoms with Crippen LogP contribution in [0.15, 0.2) is 36.4 Å². The average molecular weight is 309 g/mol. The number of methoxy groups -OCH3 is 3. The molecule has 2 aromatic carbocycles. The topological polar surface area (TPSA) is 36.9 Å². The van der Waals surface area contributed by atoms with Crippen molar-refractivity contribution in [1.82, 2.24) is 0 Å². The monoisotopic (exact) mass is 308 g/mol. The van der Waals surface area contributed by atoms with Crippen molar-refractivity contribution in [2.45, 2.75) is 5.88 Å². The second-order valence-corrected chi connectivity index (χ2v) is 4.47. The zero-order valence-electron chi connectivity index (χ0n) is 12.2. The first-order chi connectivity index (χ1) is 10.2. The van der Waals surface area contributed by atoms with Crippen molar-refractivity contribution in [3.05, 3.63) is 42.0 Å². The summed E-state index contributed by atoms with van der Waals surface area (Å²) in [4.78, 5) is 0. The molecule has 0 saturated carbocycles. The molecule has 0 radical (unpaired) electrons.